The molecular weight excluding hydrogens is 556 g/mol. The van der Waals surface area contributed by atoms with Crippen LogP contribution in [0.2, 0.25) is 0 Å². The van der Waals surface area contributed by atoms with E-state index in [0.29, 0.717) is 24.3 Å². The van der Waals surface area contributed by atoms with Crippen molar-refractivity contribution in [3.8, 4) is 5.75 Å². The highest BCUT2D eigenvalue weighted by Gasteiger charge is 2.25. The molecule has 0 unspecified atom stereocenters. The molecule has 0 aliphatic heterocycles. The minimum absolute atomic E-state index is 0.304. The Labute approximate surface area is 197 Å². The van der Waals surface area contributed by atoms with Crippen molar-refractivity contribution in [1.82, 2.24) is 0 Å². The van der Waals surface area contributed by atoms with E-state index < -0.39 is 82.6 Å². The largest absolute Gasteiger partial charge is 0.506 e. The average Bonchev–Trinajstić information content (AvgIpc) is 2.69. The maximum atomic E-state index is 11.9. The van der Waals surface area contributed by atoms with Gasteiger partial charge in [0.25, 0.3) is 40.5 Å². The first-order valence-electron chi connectivity index (χ1n) is 8.55. The van der Waals surface area contributed by atoms with Crippen molar-refractivity contribution in [3.63, 3.8) is 0 Å². The number of rotatable bonds is 6. The van der Waals surface area contributed by atoms with Gasteiger partial charge in [-0.25, -0.2) is 0 Å². The van der Waals surface area contributed by atoms with Gasteiger partial charge in [0.05, 0.1) is 9.79 Å². The molecule has 0 atom stereocenters. The van der Waals surface area contributed by atoms with Crippen LogP contribution >= 0.6 is 0 Å². The molecular formula is C16H12N2O13S4. The predicted octanol–water partition coefficient (Wildman–Crippen LogP) is 1.95. The molecule has 0 radical (unpaired) electrons. The summed E-state index contributed by atoms with van der Waals surface area (Å²) in [5.41, 5.74) is -1.64. The van der Waals surface area contributed by atoms with E-state index in [1.807, 2.05) is 0 Å². The fourth-order valence-electron chi connectivity index (χ4n) is 2.88. The van der Waals surface area contributed by atoms with Crippen molar-refractivity contribution in [2.24, 2.45) is 10.2 Å². The minimum atomic E-state index is -5.23. The summed E-state index contributed by atoms with van der Waals surface area (Å²) in [6.07, 6.45) is 0. The maximum Gasteiger partial charge on any atom is 0.296 e. The molecule has 3 aromatic rings. The molecule has 0 heterocycles. The molecule has 0 fully saturated rings. The van der Waals surface area contributed by atoms with Gasteiger partial charge < -0.3 is 5.11 Å². The zero-order valence-corrected chi connectivity index (χ0v) is 19.8. The predicted molar refractivity (Wildman–Crippen MR) is 115 cm³/mol. The van der Waals surface area contributed by atoms with Crippen molar-refractivity contribution in [2.75, 3.05) is 0 Å². The van der Waals surface area contributed by atoms with Gasteiger partial charge in [-0.2, -0.15) is 33.7 Å². The molecule has 0 aromatic heterocycles. The van der Waals surface area contributed by atoms with Gasteiger partial charge in [0.1, 0.15) is 26.9 Å². The van der Waals surface area contributed by atoms with Gasteiger partial charge in [0, 0.05) is 5.39 Å². The van der Waals surface area contributed by atoms with Crippen molar-refractivity contribution in [1.29, 1.82) is 0 Å². The van der Waals surface area contributed by atoms with E-state index in [2.05, 4.69) is 10.2 Å². The van der Waals surface area contributed by atoms with Gasteiger partial charge in [-0.05, 0) is 41.8 Å². The Balaban J connectivity index is 2.41. The number of phenols is 1. The van der Waals surface area contributed by atoms with Crippen LogP contribution in [0, 0.1) is 0 Å². The third kappa shape index (κ3) is 5.62. The monoisotopic (exact) mass is 568 g/mol. The lowest BCUT2D eigenvalue weighted by atomic mass is 10.1. The van der Waals surface area contributed by atoms with E-state index in [4.69, 9.17) is 0 Å². The van der Waals surface area contributed by atoms with Crippen LogP contribution in [0.25, 0.3) is 10.8 Å². The second kappa shape index (κ2) is 8.57. The van der Waals surface area contributed by atoms with Gasteiger partial charge in [-0.1, -0.05) is 6.07 Å². The van der Waals surface area contributed by atoms with Crippen LogP contribution in [0.4, 0.5) is 11.4 Å². The minimum Gasteiger partial charge on any atom is -0.506 e. The quantitative estimate of drug-likeness (QED) is 0.210. The summed E-state index contributed by atoms with van der Waals surface area (Å²) < 4.78 is 130. The molecule has 0 saturated heterocycles. The van der Waals surface area contributed by atoms with E-state index >= 15 is 0 Å². The fraction of sp³-hybridized carbons (Fsp3) is 0. The van der Waals surface area contributed by atoms with Crippen molar-refractivity contribution in [3.05, 3.63) is 42.5 Å². The lowest BCUT2D eigenvalue weighted by Crippen LogP contribution is -2.04. The van der Waals surface area contributed by atoms with Gasteiger partial charge in [-0.3, -0.25) is 18.2 Å². The van der Waals surface area contributed by atoms with Crippen LogP contribution in [0.5, 0.6) is 5.75 Å². The van der Waals surface area contributed by atoms with Crippen molar-refractivity contribution in [2.45, 2.75) is 19.6 Å². The summed E-state index contributed by atoms with van der Waals surface area (Å²) in [7, 11) is -20.1. The number of hydrogen-bond donors (Lipinski definition) is 5. The van der Waals surface area contributed by atoms with Gasteiger partial charge in [0.2, 0.25) is 0 Å². The Morgan fingerprint density at radius 1 is 0.571 bits per heavy atom. The summed E-state index contributed by atoms with van der Waals surface area (Å²) in [6.45, 7) is 0. The third-order valence-corrected chi connectivity index (χ3v) is 7.81. The van der Waals surface area contributed by atoms with E-state index in [1.165, 1.54) is 0 Å². The van der Waals surface area contributed by atoms with Crippen LogP contribution in [-0.4, -0.2) is 57.0 Å². The van der Waals surface area contributed by atoms with Crippen LogP contribution in [0.3, 0.4) is 0 Å². The van der Waals surface area contributed by atoms with Crippen LogP contribution in [-0.2, 0) is 40.5 Å². The van der Waals surface area contributed by atoms with Gasteiger partial charge in [-0.15, -0.1) is 10.2 Å². The average molecular weight is 569 g/mol. The van der Waals surface area contributed by atoms with E-state index in [9.17, 15) is 57.0 Å². The molecule has 0 aliphatic carbocycles. The first-order valence-corrected chi connectivity index (χ1v) is 14.3. The van der Waals surface area contributed by atoms with E-state index in [0.717, 1.165) is 18.2 Å². The topological polar surface area (TPSA) is 262 Å². The Morgan fingerprint density at radius 3 is 1.66 bits per heavy atom. The molecule has 0 spiro atoms. The second-order valence-corrected chi connectivity index (χ2v) is 12.3. The van der Waals surface area contributed by atoms with Crippen LogP contribution in [0.15, 0.2) is 72.3 Å². The molecule has 19 heteroatoms. The first kappa shape index (κ1) is 26.6. The van der Waals surface area contributed by atoms with Gasteiger partial charge >= 0.3 is 0 Å². The van der Waals surface area contributed by atoms with E-state index in [1.54, 1.807) is 0 Å². The Morgan fingerprint density at radius 2 is 1.14 bits per heavy atom. The molecule has 0 amide bonds. The zero-order chi connectivity index (χ0) is 26.6. The lowest BCUT2D eigenvalue weighted by molar-refractivity contribution is 0.476. The summed E-state index contributed by atoms with van der Waals surface area (Å²) in [5, 5.41) is 16.2. The molecule has 3 aromatic carbocycles. The molecule has 0 aliphatic rings. The maximum absolute atomic E-state index is 11.9. The van der Waals surface area contributed by atoms with Crippen molar-refractivity contribution < 1.29 is 57.0 Å². The Kier molecular flexibility index (Phi) is 6.50. The van der Waals surface area contributed by atoms with E-state index in [-0.39, 0.29) is 5.39 Å². The molecule has 3 rings (SSSR count). The SMILES string of the molecule is O=S(=O)(O)c1ccc(S(=O)(=O)O)c(N=Nc2c(O)ccc3cc(S(=O)(=O)O)cc(S(=O)(=O)O)c23)c1. The Hall–Kier alpha value is -3.04. The number of aromatic hydroxyl groups is 1. The summed E-state index contributed by atoms with van der Waals surface area (Å²) in [5.74, 6) is -0.815. The molecule has 0 bridgehead atoms. The molecule has 15 nitrogen and oxygen atoms in total. The normalized spacial score (nSPS) is 13.5. The standard InChI is InChI=1S/C16H12N2O13S4/c19-12-3-1-8-5-10(33(23,24)25)7-14(35(29,30)31)15(8)16(12)18-17-11-6-9(32(20,21)22)2-4-13(11)34(26,27)28/h1-7,19H,(H,20,21,22)(H,23,24,25)(H,26,27,28)(H,29,30,31). The summed E-state index contributed by atoms with van der Waals surface area (Å²) in [4.78, 5) is -3.94. The first-order chi connectivity index (χ1) is 15.8. The summed E-state index contributed by atoms with van der Waals surface area (Å²) >= 11 is 0. The second-order valence-electron chi connectivity index (χ2n) is 6.68. The van der Waals surface area contributed by atoms with Gasteiger partial charge in [0.15, 0.2) is 0 Å². The number of benzene rings is 3. The highest BCUT2D eigenvalue weighted by Crippen LogP contribution is 2.41. The van der Waals surface area contributed by atoms with Crippen LogP contribution in [0.1, 0.15) is 0 Å². The number of nitrogens with zero attached hydrogens (tertiary/aromatic N) is 2. The molecule has 5 N–H and O–H groups in total. The molecule has 188 valence electrons. The molecule has 35 heavy (non-hydrogen) atoms. The Bertz CT molecular complexity index is 1840. The van der Waals surface area contributed by atoms with Crippen LogP contribution < -0.4 is 0 Å². The number of fused-ring (bicyclic) bond motifs is 1. The lowest BCUT2D eigenvalue weighted by Gasteiger charge is -2.10. The summed E-state index contributed by atoms with van der Waals surface area (Å²) in [6, 6.07) is 4.68. The number of hydrogen-bond acceptors (Lipinski definition) is 11. The van der Waals surface area contributed by atoms with Crippen molar-refractivity contribution >= 4 is 62.6 Å². The zero-order valence-electron chi connectivity index (χ0n) is 16.6. The number of phenolic OH excluding ortho intramolecular Hbond substituents is 1. The highest BCUT2D eigenvalue weighted by atomic mass is 32.2. The molecule has 0 saturated carbocycles. The third-order valence-electron chi connectivity index (χ3n) is 4.35. The smallest absolute Gasteiger partial charge is 0.296 e. The highest BCUT2D eigenvalue weighted by molar-refractivity contribution is 7.87. The number of azo groups is 1. The fourth-order valence-corrected chi connectivity index (χ4v) is 5.35.